The molecular formula is C22H23F5O. The number of rotatable bonds is 6. The average Bonchev–Trinajstić information content (AvgIpc) is 2.66. The fraction of sp³-hybridized carbons (Fsp3) is 0.455. The molecule has 1 saturated carbocycles. The van der Waals surface area contributed by atoms with Gasteiger partial charge in [-0.25, -0.2) is 22.0 Å². The van der Waals surface area contributed by atoms with Crippen molar-refractivity contribution in [1.29, 1.82) is 0 Å². The molecule has 152 valence electrons. The van der Waals surface area contributed by atoms with Crippen LogP contribution in [-0.4, -0.2) is 0 Å². The van der Waals surface area contributed by atoms with Gasteiger partial charge in [-0.3, -0.25) is 0 Å². The Morgan fingerprint density at radius 2 is 1.39 bits per heavy atom. The van der Waals surface area contributed by atoms with Crippen LogP contribution in [0.4, 0.5) is 22.0 Å². The molecule has 0 N–H and O–H groups in total. The molecule has 1 nitrogen and oxygen atoms in total. The summed E-state index contributed by atoms with van der Waals surface area (Å²) >= 11 is 0. The summed E-state index contributed by atoms with van der Waals surface area (Å²) in [5, 5.41) is 0. The second-order valence-corrected chi connectivity index (χ2v) is 7.48. The molecule has 0 aromatic heterocycles. The molecule has 0 amide bonds. The molecule has 2 aromatic rings. The number of ether oxygens (including phenoxy) is 1. The summed E-state index contributed by atoms with van der Waals surface area (Å²) in [5.74, 6) is -5.86. The average molecular weight is 398 g/mol. The third-order valence-corrected chi connectivity index (χ3v) is 5.46. The Morgan fingerprint density at radius 1 is 0.821 bits per heavy atom. The highest BCUT2D eigenvalue weighted by molar-refractivity contribution is 5.34. The van der Waals surface area contributed by atoms with E-state index < -0.39 is 41.4 Å². The maximum absolute atomic E-state index is 14.4. The lowest BCUT2D eigenvalue weighted by molar-refractivity contribution is 0.270. The van der Waals surface area contributed by atoms with Gasteiger partial charge in [0.2, 0.25) is 0 Å². The summed E-state index contributed by atoms with van der Waals surface area (Å²) in [6, 6.07) is 4.01. The number of hydrogen-bond acceptors (Lipinski definition) is 1. The molecular weight excluding hydrogens is 375 g/mol. The van der Waals surface area contributed by atoms with E-state index in [9.17, 15) is 22.0 Å². The molecule has 0 bridgehead atoms. The first-order chi connectivity index (χ1) is 13.4. The van der Waals surface area contributed by atoms with Gasteiger partial charge in [-0.1, -0.05) is 19.8 Å². The molecule has 1 aliphatic carbocycles. The summed E-state index contributed by atoms with van der Waals surface area (Å²) in [6.45, 7) is 1.67. The largest absolute Gasteiger partial charge is 0.483 e. The lowest BCUT2D eigenvalue weighted by Gasteiger charge is -2.28. The van der Waals surface area contributed by atoms with Crippen molar-refractivity contribution in [2.45, 2.75) is 58.0 Å². The zero-order valence-corrected chi connectivity index (χ0v) is 15.7. The Kier molecular flexibility index (Phi) is 6.57. The van der Waals surface area contributed by atoms with E-state index in [2.05, 4.69) is 6.92 Å². The Labute approximate surface area is 161 Å². The molecule has 28 heavy (non-hydrogen) atoms. The van der Waals surface area contributed by atoms with E-state index in [0.717, 1.165) is 44.2 Å². The first-order valence-electron chi connectivity index (χ1n) is 9.64. The second-order valence-electron chi connectivity index (χ2n) is 7.48. The van der Waals surface area contributed by atoms with Gasteiger partial charge in [0.1, 0.15) is 6.61 Å². The lowest BCUT2D eigenvalue weighted by atomic mass is 9.77. The molecule has 1 fully saturated rings. The molecule has 0 aliphatic heterocycles. The minimum Gasteiger partial charge on any atom is -0.483 e. The van der Waals surface area contributed by atoms with E-state index in [0.29, 0.717) is 11.5 Å². The Bertz CT molecular complexity index is 782. The Hall–Kier alpha value is -2.11. The summed E-state index contributed by atoms with van der Waals surface area (Å²) in [7, 11) is 0. The van der Waals surface area contributed by atoms with E-state index >= 15 is 0 Å². The van der Waals surface area contributed by atoms with Crippen molar-refractivity contribution in [1.82, 2.24) is 0 Å². The fourth-order valence-corrected chi connectivity index (χ4v) is 3.99. The van der Waals surface area contributed by atoms with Gasteiger partial charge in [-0.15, -0.1) is 0 Å². The van der Waals surface area contributed by atoms with Crippen LogP contribution < -0.4 is 4.74 Å². The van der Waals surface area contributed by atoms with E-state index in [1.807, 2.05) is 0 Å². The van der Waals surface area contributed by atoms with Gasteiger partial charge in [0, 0.05) is 0 Å². The van der Waals surface area contributed by atoms with Crippen LogP contribution in [0.3, 0.4) is 0 Å². The minimum absolute atomic E-state index is 0.0616. The highest BCUT2D eigenvalue weighted by Gasteiger charge is 2.24. The first kappa shape index (κ1) is 20.6. The molecule has 0 spiro atoms. The molecule has 0 atom stereocenters. The number of benzene rings is 2. The standard InChI is InChI=1S/C22H23F5O/c1-2-3-13-4-6-15(7-5-13)16-10-19(25)22(20(26)11-16)28-12-14-8-17(23)21(27)18(24)9-14/h8-11,13,15H,2-7,12H2,1H3. The fourth-order valence-electron chi connectivity index (χ4n) is 3.99. The summed E-state index contributed by atoms with van der Waals surface area (Å²) in [6.07, 6.45) is 6.25. The minimum atomic E-state index is -1.60. The predicted molar refractivity (Wildman–Crippen MR) is 96.6 cm³/mol. The SMILES string of the molecule is CCCC1CCC(c2cc(F)c(OCc3cc(F)c(F)c(F)c3)c(F)c2)CC1. The number of halogens is 5. The monoisotopic (exact) mass is 398 g/mol. The van der Waals surface area contributed by atoms with Gasteiger partial charge in [0.15, 0.2) is 34.8 Å². The third kappa shape index (κ3) is 4.65. The normalized spacial score (nSPS) is 19.6. The van der Waals surface area contributed by atoms with Crippen LogP contribution in [-0.2, 0) is 6.61 Å². The van der Waals surface area contributed by atoms with Crippen LogP contribution >= 0.6 is 0 Å². The Balaban J connectivity index is 1.69. The van der Waals surface area contributed by atoms with Crippen molar-refractivity contribution in [3.63, 3.8) is 0 Å². The zero-order chi connectivity index (χ0) is 20.3. The van der Waals surface area contributed by atoms with Crippen LogP contribution in [0.1, 0.15) is 62.5 Å². The van der Waals surface area contributed by atoms with E-state index in [1.165, 1.54) is 18.6 Å². The van der Waals surface area contributed by atoms with Gasteiger partial charge >= 0.3 is 0 Å². The first-order valence-corrected chi connectivity index (χ1v) is 9.64. The highest BCUT2D eigenvalue weighted by atomic mass is 19.2. The van der Waals surface area contributed by atoms with Gasteiger partial charge in [-0.2, -0.15) is 0 Å². The summed E-state index contributed by atoms with van der Waals surface area (Å²) < 4.78 is 73.4. The third-order valence-electron chi connectivity index (χ3n) is 5.46. The van der Waals surface area contributed by atoms with E-state index in [-0.39, 0.29) is 11.5 Å². The second kappa shape index (κ2) is 8.93. The lowest BCUT2D eigenvalue weighted by Crippen LogP contribution is -2.14. The highest BCUT2D eigenvalue weighted by Crippen LogP contribution is 2.39. The van der Waals surface area contributed by atoms with Crippen molar-refractivity contribution in [2.75, 3.05) is 0 Å². The van der Waals surface area contributed by atoms with Gasteiger partial charge in [-0.05, 0) is 72.9 Å². The van der Waals surface area contributed by atoms with Crippen molar-refractivity contribution in [3.8, 4) is 5.75 Å². The van der Waals surface area contributed by atoms with Crippen molar-refractivity contribution in [2.24, 2.45) is 5.92 Å². The van der Waals surface area contributed by atoms with Crippen molar-refractivity contribution in [3.05, 3.63) is 64.5 Å². The summed E-state index contributed by atoms with van der Waals surface area (Å²) in [5.41, 5.74) is 0.546. The molecule has 0 unspecified atom stereocenters. The van der Waals surface area contributed by atoms with E-state index in [1.54, 1.807) is 0 Å². The summed E-state index contributed by atoms with van der Waals surface area (Å²) in [4.78, 5) is 0. The van der Waals surface area contributed by atoms with Crippen LogP contribution in [0.5, 0.6) is 5.75 Å². The topological polar surface area (TPSA) is 9.23 Å². The van der Waals surface area contributed by atoms with E-state index in [4.69, 9.17) is 4.74 Å². The maximum atomic E-state index is 14.4. The van der Waals surface area contributed by atoms with Gasteiger partial charge in [0.05, 0.1) is 0 Å². The predicted octanol–water partition coefficient (Wildman–Crippen LogP) is 7.04. The van der Waals surface area contributed by atoms with Crippen LogP contribution in [0, 0.1) is 35.0 Å². The molecule has 6 heteroatoms. The molecule has 0 heterocycles. The molecule has 3 rings (SSSR count). The van der Waals surface area contributed by atoms with Gasteiger partial charge in [0.25, 0.3) is 0 Å². The Morgan fingerprint density at radius 3 is 1.93 bits per heavy atom. The van der Waals surface area contributed by atoms with Crippen molar-refractivity contribution >= 4 is 0 Å². The quantitative estimate of drug-likeness (QED) is 0.375. The van der Waals surface area contributed by atoms with Gasteiger partial charge < -0.3 is 4.74 Å². The number of hydrogen-bond donors (Lipinski definition) is 0. The molecule has 0 saturated heterocycles. The molecule has 2 aromatic carbocycles. The maximum Gasteiger partial charge on any atom is 0.194 e. The van der Waals surface area contributed by atoms with Crippen LogP contribution in [0.15, 0.2) is 24.3 Å². The molecule has 1 aliphatic rings. The van der Waals surface area contributed by atoms with Crippen LogP contribution in [0.25, 0.3) is 0 Å². The molecule has 0 radical (unpaired) electrons. The van der Waals surface area contributed by atoms with Crippen molar-refractivity contribution < 1.29 is 26.7 Å². The smallest absolute Gasteiger partial charge is 0.194 e. The van der Waals surface area contributed by atoms with Crippen LogP contribution in [0.2, 0.25) is 0 Å². The zero-order valence-electron chi connectivity index (χ0n) is 15.7.